The summed E-state index contributed by atoms with van der Waals surface area (Å²) in [4.78, 5) is 0.282. The molecule has 0 radical (unpaired) electrons. The molecule has 100 valence electrons. The molecule has 2 saturated carbocycles. The van der Waals surface area contributed by atoms with Gasteiger partial charge in [0.1, 0.15) is 0 Å². The number of nitrogens with zero attached hydrogens (tertiary/aromatic N) is 1. The highest BCUT2D eigenvalue weighted by molar-refractivity contribution is 7.93. The van der Waals surface area contributed by atoms with Crippen LogP contribution < -0.4 is 0 Å². The van der Waals surface area contributed by atoms with Crippen LogP contribution in [0.2, 0.25) is 0 Å². The molecule has 0 aliphatic heterocycles. The average molecular weight is 275 g/mol. The summed E-state index contributed by atoms with van der Waals surface area (Å²) in [5, 5.41) is 9.45. The fraction of sp³-hybridized carbons (Fsp3) is 0.533. The Labute approximate surface area is 114 Å². The first-order chi connectivity index (χ1) is 9.04. The molecule has 2 aliphatic carbocycles. The van der Waals surface area contributed by atoms with Gasteiger partial charge in [-0.15, -0.1) is 0 Å². The summed E-state index contributed by atoms with van der Waals surface area (Å²) in [5.74, 6) is 0. The summed E-state index contributed by atoms with van der Waals surface area (Å²) in [5.41, 5.74) is 0.136. The van der Waals surface area contributed by atoms with Crippen molar-refractivity contribution in [3.63, 3.8) is 0 Å². The molecule has 2 aliphatic rings. The lowest BCUT2D eigenvalue weighted by atomic mass is 9.61. The minimum absolute atomic E-state index is 0.136. The molecule has 0 unspecified atom stereocenters. The molecule has 0 bridgehead atoms. The highest BCUT2D eigenvalue weighted by Gasteiger charge is 2.62. The van der Waals surface area contributed by atoms with Crippen LogP contribution in [0, 0.1) is 16.7 Å². The maximum absolute atomic E-state index is 12.7. The van der Waals surface area contributed by atoms with E-state index in [2.05, 4.69) is 6.07 Å². The van der Waals surface area contributed by atoms with Gasteiger partial charge in [0.25, 0.3) is 0 Å². The molecular formula is C15H17NO2S. The maximum atomic E-state index is 12.7. The molecule has 0 aromatic heterocycles. The zero-order valence-electron chi connectivity index (χ0n) is 10.8. The van der Waals surface area contributed by atoms with Crippen LogP contribution in [0.4, 0.5) is 0 Å². The second-order valence-corrected chi connectivity index (χ2v) is 8.24. The van der Waals surface area contributed by atoms with Crippen LogP contribution in [-0.2, 0) is 9.84 Å². The summed E-state index contributed by atoms with van der Waals surface area (Å²) < 4.78 is 24.2. The van der Waals surface area contributed by atoms with Crippen LogP contribution >= 0.6 is 0 Å². The van der Waals surface area contributed by atoms with Crippen molar-refractivity contribution in [3.8, 4) is 6.07 Å². The van der Waals surface area contributed by atoms with Crippen molar-refractivity contribution in [1.29, 1.82) is 5.26 Å². The van der Waals surface area contributed by atoms with Gasteiger partial charge < -0.3 is 0 Å². The van der Waals surface area contributed by atoms with E-state index in [0.29, 0.717) is 12.8 Å². The third kappa shape index (κ3) is 1.72. The Kier molecular flexibility index (Phi) is 2.72. The predicted molar refractivity (Wildman–Crippen MR) is 72.1 cm³/mol. The number of benzene rings is 1. The Morgan fingerprint density at radius 1 is 1.05 bits per heavy atom. The first kappa shape index (κ1) is 12.7. The largest absolute Gasteiger partial charge is 0.222 e. The topological polar surface area (TPSA) is 57.9 Å². The number of nitriles is 1. The lowest BCUT2D eigenvalue weighted by Crippen LogP contribution is -2.54. The van der Waals surface area contributed by atoms with Crippen LogP contribution in [0.5, 0.6) is 0 Å². The van der Waals surface area contributed by atoms with E-state index >= 15 is 0 Å². The lowest BCUT2D eigenvalue weighted by Gasteiger charge is -2.50. The Balaban J connectivity index is 1.95. The highest BCUT2D eigenvalue weighted by Crippen LogP contribution is 2.61. The zero-order chi connectivity index (χ0) is 13.6. The van der Waals surface area contributed by atoms with Crippen LogP contribution in [0.3, 0.4) is 0 Å². The van der Waals surface area contributed by atoms with Gasteiger partial charge in [-0.1, -0.05) is 31.0 Å². The average Bonchev–Trinajstić information content (AvgIpc) is 2.86. The minimum Gasteiger partial charge on any atom is -0.222 e. The number of sulfone groups is 1. The number of hydrogen-bond acceptors (Lipinski definition) is 3. The second-order valence-electron chi connectivity index (χ2n) is 5.98. The normalized spacial score (nSPS) is 23.7. The van der Waals surface area contributed by atoms with Gasteiger partial charge in [-0.25, -0.2) is 8.42 Å². The predicted octanol–water partition coefficient (Wildman–Crippen LogP) is 3.08. The maximum Gasteiger partial charge on any atom is 0.197 e. The molecule has 1 aromatic rings. The first-order valence-corrected chi connectivity index (χ1v) is 8.23. The zero-order valence-corrected chi connectivity index (χ0v) is 11.6. The van der Waals surface area contributed by atoms with Gasteiger partial charge in [0.05, 0.1) is 11.0 Å². The molecule has 19 heavy (non-hydrogen) atoms. The highest BCUT2D eigenvalue weighted by atomic mass is 32.2. The van der Waals surface area contributed by atoms with Crippen molar-refractivity contribution < 1.29 is 8.42 Å². The number of hydrogen-bond donors (Lipinski definition) is 0. The smallest absolute Gasteiger partial charge is 0.197 e. The van der Waals surface area contributed by atoms with Crippen LogP contribution in [-0.4, -0.2) is 13.2 Å². The monoisotopic (exact) mass is 275 g/mol. The van der Waals surface area contributed by atoms with Gasteiger partial charge in [-0.05, 0) is 43.2 Å². The van der Waals surface area contributed by atoms with E-state index in [0.717, 1.165) is 12.8 Å². The van der Waals surface area contributed by atoms with Crippen molar-refractivity contribution in [3.05, 3.63) is 30.3 Å². The van der Waals surface area contributed by atoms with E-state index in [1.165, 1.54) is 12.8 Å². The molecule has 4 heteroatoms. The third-order valence-corrected chi connectivity index (χ3v) is 7.06. The van der Waals surface area contributed by atoms with Crippen molar-refractivity contribution in [2.45, 2.75) is 48.2 Å². The first-order valence-electron chi connectivity index (χ1n) is 6.75. The summed E-state index contributed by atoms with van der Waals surface area (Å²) in [6.07, 6.45) is 5.56. The molecular weight excluding hydrogens is 258 g/mol. The van der Waals surface area contributed by atoms with E-state index < -0.39 is 14.6 Å². The van der Waals surface area contributed by atoms with Gasteiger partial charge >= 0.3 is 0 Å². The molecule has 0 heterocycles. The van der Waals surface area contributed by atoms with Gasteiger partial charge in [0, 0.05) is 0 Å². The molecule has 3 rings (SSSR count). The molecule has 1 aromatic carbocycles. The van der Waals surface area contributed by atoms with E-state index in [1.54, 1.807) is 30.3 Å². The Morgan fingerprint density at radius 3 is 2.16 bits per heavy atom. The van der Waals surface area contributed by atoms with Crippen molar-refractivity contribution >= 4 is 9.84 Å². The van der Waals surface area contributed by atoms with Crippen molar-refractivity contribution in [1.82, 2.24) is 0 Å². The minimum atomic E-state index is -3.54. The Bertz CT molecular complexity index is 614. The van der Waals surface area contributed by atoms with Gasteiger partial charge in [0.2, 0.25) is 0 Å². The van der Waals surface area contributed by atoms with Crippen LogP contribution in [0.15, 0.2) is 35.2 Å². The Hall–Kier alpha value is -1.34. The summed E-state index contributed by atoms with van der Waals surface area (Å²) >= 11 is 0. The quantitative estimate of drug-likeness (QED) is 0.833. The summed E-state index contributed by atoms with van der Waals surface area (Å²) in [7, 11) is -3.54. The van der Waals surface area contributed by atoms with E-state index in [-0.39, 0.29) is 10.3 Å². The van der Waals surface area contributed by atoms with Crippen molar-refractivity contribution in [2.75, 3.05) is 0 Å². The third-order valence-electron chi connectivity index (χ3n) is 4.76. The summed E-state index contributed by atoms with van der Waals surface area (Å²) in [6, 6.07) is 10.5. The van der Waals surface area contributed by atoms with Crippen LogP contribution in [0.25, 0.3) is 0 Å². The molecule has 0 amide bonds. The molecule has 0 atom stereocenters. The SMILES string of the molecule is N#CC1(S(=O)(=O)c2ccccc2)CC2(CCCC2)C1. The molecule has 0 saturated heterocycles. The fourth-order valence-corrected chi connectivity index (χ4v) is 5.87. The molecule has 0 N–H and O–H groups in total. The standard InChI is InChI=1S/C15H17NO2S/c16-12-15(10-14(11-15)8-4-5-9-14)19(17,18)13-6-2-1-3-7-13/h1-3,6-7H,4-5,8-11H2. The lowest BCUT2D eigenvalue weighted by molar-refractivity contribution is 0.113. The fourth-order valence-electron chi connectivity index (χ4n) is 3.79. The molecule has 3 nitrogen and oxygen atoms in total. The van der Waals surface area contributed by atoms with Gasteiger partial charge in [-0.2, -0.15) is 5.26 Å². The van der Waals surface area contributed by atoms with Gasteiger partial charge in [-0.3, -0.25) is 0 Å². The van der Waals surface area contributed by atoms with Gasteiger partial charge in [0.15, 0.2) is 14.6 Å². The second kappa shape index (κ2) is 4.08. The molecule has 2 fully saturated rings. The Morgan fingerprint density at radius 2 is 1.63 bits per heavy atom. The van der Waals surface area contributed by atoms with Crippen LogP contribution in [0.1, 0.15) is 38.5 Å². The van der Waals surface area contributed by atoms with E-state index in [1.807, 2.05) is 0 Å². The summed E-state index contributed by atoms with van der Waals surface area (Å²) in [6.45, 7) is 0. The van der Waals surface area contributed by atoms with Crippen molar-refractivity contribution in [2.24, 2.45) is 5.41 Å². The molecule has 1 spiro atoms. The van der Waals surface area contributed by atoms with E-state index in [9.17, 15) is 13.7 Å². The number of rotatable bonds is 2. The van der Waals surface area contributed by atoms with E-state index in [4.69, 9.17) is 0 Å².